The van der Waals surface area contributed by atoms with Crippen LogP contribution in [0.1, 0.15) is 22.1 Å². The minimum absolute atomic E-state index is 0.325. The Labute approximate surface area is 114 Å². The summed E-state index contributed by atoms with van der Waals surface area (Å²) >= 11 is 6.03. The zero-order valence-corrected chi connectivity index (χ0v) is 11.2. The number of anilines is 1. The van der Waals surface area contributed by atoms with E-state index < -0.39 is 5.97 Å². The van der Waals surface area contributed by atoms with Gasteiger partial charge in [-0.2, -0.15) is 0 Å². The van der Waals surface area contributed by atoms with E-state index in [1.807, 2.05) is 0 Å². The third-order valence-corrected chi connectivity index (χ3v) is 2.71. The number of hydrogen-bond acceptors (Lipinski definition) is 6. The maximum Gasteiger partial charge on any atom is 0.337 e. The predicted molar refractivity (Wildman–Crippen MR) is 69.2 cm³/mol. The van der Waals surface area contributed by atoms with E-state index in [-0.39, 0.29) is 0 Å². The molecule has 0 aliphatic rings. The molecule has 1 aromatic heterocycles. The molecule has 0 unspecified atom stereocenters. The van der Waals surface area contributed by atoms with Crippen LogP contribution in [0, 0.1) is 6.92 Å². The van der Waals surface area contributed by atoms with Gasteiger partial charge < -0.3 is 14.5 Å². The van der Waals surface area contributed by atoms with Crippen molar-refractivity contribution in [3.63, 3.8) is 0 Å². The van der Waals surface area contributed by atoms with E-state index in [1.165, 1.54) is 7.11 Å². The third kappa shape index (κ3) is 3.23. The van der Waals surface area contributed by atoms with E-state index in [0.29, 0.717) is 34.6 Å². The lowest BCUT2D eigenvalue weighted by atomic mass is 10.2. The highest BCUT2D eigenvalue weighted by Gasteiger charge is 2.10. The van der Waals surface area contributed by atoms with Crippen LogP contribution in [-0.4, -0.2) is 23.3 Å². The van der Waals surface area contributed by atoms with E-state index in [1.54, 1.807) is 25.1 Å². The number of benzene rings is 1. The van der Waals surface area contributed by atoms with Crippen molar-refractivity contribution in [2.24, 2.45) is 0 Å². The van der Waals surface area contributed by atoms with Crippen LogP contribution in [0.3, 0.4) is 0 Å². The second-order valence-corrected chi connectivity index (χ2v) is 4.16. The van der Waals surface area contributed by atoms with Crippen LogP contribution in [0.4, 0.5) is 5.69 Å². The summed E-state index contributed by atoms with van der Waals surface area (Å²) < 4.78 is 9.87. The number of ether oxygens (including phenoxy) is 1. The summed E-state index contributed by atoms with van der Waals surface area (Å²) in [5, 5.41) is 11.1. The molecule has 0 aliphatic heterocycles. The first kappa shape index (κ1) is 13.4. The van der Waals surface area contributed by atoms with Gasteiger partial charge in [-0.3, -0.25) is 0 Å². The molecule has 0 saturated carbocycles. The van der Waals surface area contributed by atoms with Gasteiger partial charge in [-0.25, -0.2) is 4.79 Å². The summed E-state index contributed by atoms with van der Waals surface area (Å²) in [6, 6.07) is 4.82. The Hall–Kier alpha value is -2.08. The molecule has 6 nitrogen and oxygen atoms in total. The van der Waals surface area contributed by atoms with Crippen molar-refractivity contribution in [2.45, 2.75) is 13.5 Å². The molecule has 0 amide bonds. The normalized spacial score (nSPS) is 10.3. The number of esters is 1. The largest absolute Gasteiger partial charge is 0.465 e. The van der Waals surface area contributed by atoms with Gasteiger partial charge in [0.25, 0.3) is 0 Å². The topological polar surface area (TPSA) is 77.2 Å². The van der Waals surface area contributed by atoms with E-state index in [0.717, 1.165) is 0 Å². The standard InChI is InChI=1S/C12H12ClN3O3/c1-7-15-16-11(19-7)6-14-10-5-8(12(17)18-2)3-4-9(10)13/h3-5,14H,6H2,1-2H3. The second kappa shape index (κ2) is 5.71. The van der Waals surface area contributed by atoms with Crippen molar-refractivity contribution in [1.29, 1.82) is 0 Å². The lowest BCUT2D eigenvalue weighted by Crippen LogP contribution is -2.04. The highest BCUT2D eigenvalue weighted by Crippen LogP contribution is 2.24. The monoisotopic (exact) mass is 281 g/mol. The summed E-state index contributed by atoms with van der Waals surface area (Å²) in [6.07, 6.45) is 0. The van der Waals surface area contributed by atoms with E-state index in [2.05, 4.69) is 20.3 Å². The lowest BCUT2D eigenvalue weighted by molar-refractivity contribution is 0.0601. The Balaban J connectivity index is 2.12. The summed E-state index contributed by atoms with van der Waals surface area (Å²) in [5.41, 5.74) is 1.01. The average molecular weight is 282 g/mol. The fourth-order valence-corrected chi connectivity index (χ4v) is 1.67. The molecule has 2 rings (SSSR count). The smallest absolute Gasteiger partial charge is 0.337 e. The number of rotatable bonds is 4. The number of hydrogen-bond donors (Lipinski definition) is 1. The summed E-state index contributed by atoms with van der Waals surface area (Å²) in [5.74, 6) is 0.511. The molecule has 1 N–H and O–H groups in total. The van der Waals surface area contributed by atoms with Crippen LogP contribution >= 0.6 is 11.6 Å². The number of halogens is 1. The van der Waals surface area contributed by atoms with E-state index >= 15 is 0 Å². The molecule has 0 aliphatic carbocycles. The summed E-state index contributed by atoms with van der Waals surface area (Å²) in [7, 11) is 1.32. The number of carbonyl (C=O) groups is 1. The number of carbonyl (C=O) groups excluding carboxylic acids is 1. The van der Waals surface area contributed by atoms with Crippen LogP contribution < -0.4 is 5.32 Å². The minimum atomic E-state index is -0.423. The van der Waals surface area contributed by atoms with Gasteiger partial charge in [0.05, 0.1) is 29.9 Å². The van der Waals surface area contributed by atoms with Crippen LogP contribution in [0.15, 0.2) is 22.6 Å². The molecule has 1 aromatic carbocycles. The Morgan fingerprint density at radius 3 is 2.89 bits per heavy atom. The van der Waals surface area contributed by atoms with Gasteiger partial charge in [-0.15, -0.1) is 10.2 Å². The van der Waals surface area contributed by atoms with Crippen LogP contribution in [0.5, 0.6) is 0 Å². The first-order valence-electron chi connectivity index (χ1n) is 5.51. The van der Waals surface area contributed by atoms with Crippen molar-refractivity contribution in [3.05, 3.63) is 40.6 Å². The molecule has 0 fully saturated rings. The van der Waals surface area contributed by atoms with Crippen molar-refractivity contribution < 1.29 is 13.9 Å². The Kier molecular flexibility index (Phi) is 4.01. The quantitative estimate of drug-likeness (QED) is 0.867. The number of aromatic nitrogens is 2. The van der Waals surface area contributed by atoms with E-state index in [4.69, 9.17) is 16.0 Å². The second-order valence-electron chi connectivity index (χ2n) is 3.75. The number of nitrogens with one attached hydrogen (secondary N) is 1. The lowest BCUT2D eigenvalue weighted by Gasteiger charge is -2.08. The van der Waals surface area contributed by atoms with E-state index in [9.17, 15) is 4.79 Å². The zero-order valence-electron chi connectivity index (χ0n) is 10.4. The van der Waals surface area contributed by atoms with Crippen molar-refractivity contribution >= 4 is 23.3 Å². The molecule has 0 bridgehead atoms. The van der Waals surface area contributed by atoms with Crippen LogP contribution in [-0.2, 0) is 11.3 Å². The van der Waals surface area contributed by atoms with Crippen molar-refractivity contribution in [2.75, 3.05) is 12.4 Å². The molecule has 0 spiro atoms. The molecule has 100 valence electrons. The zero-order chi connectivity index (χ0) is 13.8. The molecule has 19 heavy (non-hydrogen) atoms. The summed E-state index contributed by atoms with van der Waals surface area (Å²) in [6.45, 7) is 2.03. The van der Waals surface area contributed by atoms with Gasteiger partial charge in [-0.05, 0) is 18.2 Å². The van der Waals surface area contributed by atoms with Crippen molar-refractivity contribution in [3.8, 4) is 0 Å². The predicted octanol–water partition coefficient (Wildman–Crippen LogP) is 2.43. The molecule has 7 heteroatoms. The Morgan fingerprint density at radius 1 is 1.47 bits per heavy atom. The SMILES string of the molecule is COC(=O)c1ccc(Cl)c(NCc2nnc(C)o2)c1. The van der Waals surface area contributed by atoms with Gasteiger partial charge in [-0.1, -0.05) is 11.6 Å². The van der Waals surface area contributed by atoms with Gasteiger partial charge in [0, 0.05) is 6.92 Å². The minimum Gasteiger partial charge on any atom is -0.465 e. The average Bonchev–Trinajstić information content (AvgIpc) is 2.82. The summed E-state index contributed by atoms with van der Waals surface area (Å²) in [4.78, 5) is 11.4. The van der Waals surface area contributed by atoms with Gasteiger partial charge in [0.15, 0.2) is 0 Å². The van der Waals surface area contributed by atoms with Crippen LogP contribution in [0.2, 0.25) is 5.02 Å². The maximum absolute atomic E-state index is 11.4. The number of methoxy groups -OCH3 is 1. The first-order valence-corrected chi connectivity index (χ1v) is 5.88. The molecule has 0 atom stereocenters. The van der Waals surface area contributed by atoms with Gasteiger partial charge in [0.1, 0.15) is 0 Å². The fraction of sp³-hybridized carbons (Fsp3) is 0.250. The Morgan fingerprint density at radius 2 is 2.26 bits per heavy atom. The first-order chi connectivity index (χ1) is 9.10. The van der Waals surface area contributed by atoms with Crippen molar-refractivity contribution in [1.82, 2.24) is 10.2 Å². The molecular formula is C12H12ClN3O3. The molecule has 2 aromatic rings. The fourth-order valence-electron chi connectivity index (χ4n) is 1.49. The molecule has 0 saturated heterocycles. The van der Waals surface area contributed by atoms with Gasteiger partial charge >= 0.3 is 5.97 Å². The molecular weight excluding hydrogens is 270 g/mol. The van der Waals surface area contributed by atoms with Gasteiger partial charge in [0.2, 0.25) is 11.8 Å². The Bertz CT molecular complexity index is 598. The molecule has 0 radical (unpaired) electrons. The highest BCUT2D eigenvalue weighted by molar-refractivity contribution is 6.33. The van der Waals surface area contributed by atoms with Crippen LogP contribution in [0.25, 0.3) is 0 Å². The maximum atomic E-state index is 11.4. The number of aryl methyl sites for hydroxylation is 1. The third-order valence-electron chi connectivity index (χ3n) is 2.39. The molecule has 1 heterocycles. The number of nitrogens with zero attached hydrogens (tertiary/aromatic N) is 2. The highest BCUT2D eigenvalue weighted by atomic mass is 35.5.